The van der Waals surface area contributed by atoms with E-state index in [4.69, 9.17) is 0 Å². The van der Waals surface area contributed by atoms with Crippen LogP contribution in [0.5, 0.6) is 5.75 Å². The minimum absolute atomic E-state index is 0.00571. The fourth-order valence-electron chi connectivity index (χ4n) is 3.17. The zero-order valence-electron chi connectivity index (χ0n) is 14.1. The first-order valence-corrected chi connectivity index (χ1v) is 9.86. The zero-order valence-corrected chi connectivity index (χ0v) is 14.9. The third-order valence-electron chi connectivity index (χ3n) is 4.77. The molecule has 0 saturated heterocycles. The van der Waals surface area contributed by atoms with Gasteiger partial charge in [0.15, 0.2) is 9.84 Å². The summed E-state index contributed by atoms with van der Waals surface area (Å²) in [4.78, 5) is 4.51. The lowest BCUT2D eigenvalue weighted by molar-refractivity contribution is 0.448. The topological polar surface area (TPSA) is 66.7 Å². The molecule has 1 aliphatic heterocycles. The normalized spacial score (nSPS) is 19.6. The monoisotopic (exact) mass is 361 g/mol. The van der Waals surface area contributed by atoms with Crippen LogP contribution in [0, 0.1) is 11.7 Å². The summed E-state index contributed by atoms with van der Waals surface area (Å²) >= 11 is 0. The molecule has 132 valence electrons. The number of aromatic hydroxyl groups is 1. The summed E-state index contributed by atoms with van der Waals surface area (Å²) in [5, 5.41) is 10.1. The number of aliphatic imine (C=N–C) groups is 1. The number of sulfone groups is 1. The molecule has 1 heterocycles. The molecule has 2 atom stereocenters. The van der Waals surface area contributed by atoms with Crippen LogP contribution < -0.4 is 0 Å². The molecule has 0 fully saturated rings. The first kappa shape index (κ1) is 17.6. The number of hydrogen-bond donors (Lipinski definition) is 1. The Morgan fingerprint density at radius 2 is 1.84 bits per heavy atom. The van der Waals surface area contributed by atoms with Crippen LogP contribution >= 0.6 is 0 Å². The van der Waals surface area contributed by atoms with Crippen molar-refractivity contribution in [2.24, 2.45) is 10.9 Å². The number of fused-ring (bicyclic) bond motifs is 1. The molecule has 25 heavy (non-hydrogen) atoms. The van der Waals surface area contributed by atoms with Crippen LogP contribution in [0.25, 0.3) is 0 Å². The second-order valence-electron chi connectivity index (χ2n) is 6.31. The molecule has 2 unspecified atom stereocenters. The van der Waals surface area contributed by atoms with E-state index in [0.29, 0.717) is 16.9 Å². The predicted octanol–water partition coefficient (Wildman–Crippen LogP) is 4.00. The van der Waals surface area contributed by atoms with Crippen molar-refractivity contribution in [1.29, 1.82) is 0 Å². The third kappa shape index (κ3) is 3.31. The summed E-state index contributed by atoms with van der Waals surface area (Å²) in [5.74, 6) is -0.421. The van der Waals surface area contributed by atoms with Gasteiger partial charge in [-0.2, -0.15) is 0 Å². The Kier molecular flexibility index (Phi) is 4.64. The van der Waals surface area contributed by atoms with Crippen LogP contribution in [0.4, 0.5) is 10.1 Å². The minimum atomic E-state index is -3.21. The van der Waals surface area contributed by atoms with Crippen LogP contribution in [-0.2, 0) is 16.3 Å². The van der Waals surface area contributed by atoms with Gasteiger partial charge in [-0.05, 0) is 42.2 Å². The van der Waals surface area contributed by atoms with Gasteiger partial charge in [-0.3, -0.25) is 4.99 Å². The highest BCUT2D eigenvalue weighted by molar-refractivity contribution is 7.91. The predicted molar refractivity (Wildman–Crippen MR) is 96.0 cm³/mol. The first-order chi connectivity index (χ1) is 11.8. The highest BCUT2D eigenvalue weighted by Crippen LogP contribution is 2.43. The molecule has 4 nitrogen and oxygen atoms in total. The fraction of sp³-hybridized carbons (Fsp3) is 0.316. The van der Waals surface area contributed by atoms with Crippen LogP contribution in [0.15, 0.2) is 46.3 Å². The van der Waals surface area contributed by atoms with Gasteiger partial charge in [0, 0.05) is 17.7 Å². The van der Waals surface area contributed by atoms with Crippen molar-refractivity contribution in [1.82, 2.24) is 0 Å². The summed E-state index contributed by atoms with van der Waals surface area (Å²) in [6, 6.07) is 9.39. The van der Waals surface area contributed by atoms with Gasteiger partial charge in [-0.1, -0.05) is 26.0 Å². The highest BCUT2D eigenvalue weighted by Gasteiger charge is 2.28. The fourth-order valence-corrected chi connectivity index (χ4v) is 4.05. The van der Waals surface area contributed by atoms with E-state index in [1.807, 2.05) is 6.92 Å². The summed E-state index contributed by atoms with van der Waals surface area (Å²) in [6.07, 6.45) is 2.35. The summed E-state index contributed by atoms with van der Waals surface area (Å²) in [5.41, 5.74) is 1.70. The maximum absolute atomic E-state index is 13.9. The number of rotatable bonds is 4. The Balaban J connectivity index is 1.84. The van der Waals surface area contributed by atoms with Crippen molar-refractivity contribution in [3.05, 3.63) is 53.3 Å². The quantitative estimate of drug-likeness (QED) is 0.895. The van der Waals surface area contributed by atoms with E-state index in [1.54, 1.807) is 37.4 Å². The summed E-state index contributed by atoms with van der Waals surface area (Å²) in [6.45, 7) is 3.55. The van der Waals surface area contributed by atoms with Crippen LogP contribution in [0.2, 0.25) is 0 Å². The van der Waals surface area contributed by atoms with Crippen molar-refractivity contribution in [2.45, 2.75) is 31.1 Å². The average molecular weight is 361 g/mol. The largest absolute Gasteiger partial charge is 0.508 e. The molecule has 6 heteroatoms. The molecule has 1 N–H and O–H groups in total. The van der Waals surface area contributed by atoms with E-state index in [-0.39, 0.29) is 29.0 Å². The van der Waals surface area contributed by atoms with Gasteiger partial charge < -0.3 is 5.11 Å². The van der Waals surface area contributed by atoms with E-state index >= 15 is 0 Å². The van der Waals surface area contributed by atoms with Crippen LogP contribution in [0.3, 0.4) is 0 Å². The lowest BCUT2D eigenvalue weighted by Gasteiger charge is -2.27. The van der Waals surface area contributed by atoms with Crippen molar-refractivity contribution < 1.29 is 17.9 Å². The minimum Gasteiger partial charge on any atom is -0.508 e. The number of benzene rings is 2. The molecule has 0 aliphatic carbocycles. The highest BCUT2D eigenvalue weighted by atomic mass is 32.2. The Morgan fingerprint density at radius 3 is 2.48 bits per heavy atom. The molecule has 0 spiro atoms. The molecule has 0 saturated carbocycles. The number of halogens is 1. The number of phenolic OH excluding ortho intramolecular Hbond substituents is 1. The van der Waals surface area contributed by atoms with Crippen LogP contribution in [0.1, 0.15) is 30.9 Å². The van der Waals surface area contributed by atoms with Gasteiger partial charge in [-0.25, -0.2) is 12.8 Å². The van der Waals surface area contributed by atoms with Gasteiger partial charge >= 0.3 is 0 Å². The van der Waals surface area contributed by atoms with Gasteiger partial charge in [-0.15, -0.1) is 0 Å². The summed E-state index contributed by atoms with van der Waals surface area (Å²) in [7, 11) is -3.21. The molecule has 0 radical (unpaired) electrons. The van der Waals surface area contributed by atoms with Crippen molar-refractivity contribution in [3.63, 3.8) is 0 Å². The Hall–Kier alpha value is -2.21. The van der Waals surface area contributed by atoms with E-state index in [9.17, 15) is 17.9 Å². The number of nitrogens with zero attached hydrogens (tertiary/aromatic N) is 1. The van der Waals surface area contributed by atoms with E-state index in [1.165, 1.54) is 12.1 Å². The van der Waals surface area contributed by atoms with Crippen molar-refractivity contribution >= 4 is 21.7 Å². The van der Waals surface area contributed by atoms with Gasteiger partial charge in [0.1, 0.15) is 17.3 Å². The van der Waals surface area contributed by atoms with E-state index in [2.05, 4.69) is 4.99 Å². The third-order valence-corrected chi connectivity index (χ3v) is 6.52. The zero-order chi connectivity index (χ0) is 18.2. The van der Waals surface area contributed by atoms with Crippen molar-refractivity contribution in [3.8, 4) is 5.75 Å². The Bertz CT molecular complexity index is 920. The molecule has 0 amide bonds. The maximum Gasteiger partial charge on any atom is 0.178 e. The molecule has 1 aliphatic rings. The second kappa shape index (κ2) is 6.59. The summed E-state index contributed by atoms with van der Waals surface area (Å²) < 4.78 is 37.6. The molecule has 0 aromatic heterocycles. The second-order valence-corrected chi connectivity index (χ2v) is 8.59. The van der Waals surface area contributed by atoms with Gasteiger partial charge in [0.25, 0.3) is 0 Å². The Morgan fingerprint density at radius 1 is 1.16 bits per heavy atom. The average Bonchev–Trinajstić information content (AvgIpc) is 2.60. The molecule has 2 aromatic rings. The van der Waals surface area contributed by atoms with Gasteiger partial charge in [0.2, 0.25) is 0 Å². The van der Waals surface area contributed by atoms with Crippen molar-refractivity contribution in [2.75, 3.05) is 5.75 Å². The molecule has 0 bridgehead atoms. The van der Waals surface area contributed by atoms with E-state index in [0.717, 1.165) is 5.56 Å². The molecule has 3 rings (SSSR count). The molecular weight excluding hydrogens is 341 g/mol. The molecular formula is C19H20FNO3S. The smallest absolute Gasteiger partial charge is 0.178 e. The van der Waals surface area contributed by atoms with E-state index < -0.39 is 15.7 Å². The maximum atomic E-state index is 13.9. The number of hydrogen-bond acceptors (Lipinski definition) is 4. The lowest BCUT2D eigenvalue weighted by Crippen LogP contribution is -2.18. The molecule has 2 aromatic carbocycles. The van der Waals surface area contributed by atoms with Gasteiger partial charge in [0.05, 0.1) is 10.6 Å². The SMILES string of the molecule is CCS(=O)(=O)c1ccc(CC2C=Nc3c(F)ccc(O)c3C2C)cc1. The number of phenols is 1. The standard InChI is InChI=1S/C19H20FNO3S/c1-3-25(23,24)15-6-4-13(5-7-15)10-14-11-21-19-16(20)8-9-17(22)18(19)12(14)2/h4-9,11-12,14,22H,3,10H2,1-2H3. The Labute approximate surface area is 147 Å². The first-order valence-electron chi connectivity index (χ1n) is 8.20. The van der Waals surface area contributed by atoms with Crippen LogP contribution in [-0.4, -0.2) is 25.5 Å². The lowest BCUT2D eigenvalue weighted by atomic mass is 9.81.